The summed E-state index contributed by atoms with van der Waals surface area (Å²) in [5, 5.41) is 5.45. The van der Waals surface area contributed by atoms with Crippen molar-refractivity contribution in [2.24, 2.45) is 0 Å². The van der Waals surface area contributed by atoms with Gasteiger partial charge in [-0.1, -0.05) is 84.9 Å². The Kier molecular flexibility index (Phi) is 5.44. The molecule has 47 heavy (non-hydrogen) atoms. The predicted octanol–water partition coefficient (Wildman–Crippen LogP) is 9.54. The minimum absolute atomic E-state index is 0.477. The third-order valence-corrected chi connectivity index (χ3v) is 8.91. The maximum absolute atomic E-state index is 6.47. The first kappa shape index (κ1) is 25.7. The Balaban J connectivity index is 1.19. The molecule has 5 aromatic carbocycles. The maximum Gasteiger partial charge on any atom is 0.241 e. The molecule has 0 aliphatic carbocycles. The first-order chi connectivity index (χ1) is 23.3. The van der Waals surface area contributed by atoms with Crippen LogP contribution in [-0.2, 0) is 0 Å². The van der Waals surface area contributed by atoms with Crippen molar-refractivity contribution in [2.45, 2.75) is 0 Å². The second-order valence-corrected chi connectivity index (χ2v) is 11.6. The van der Waals surface area contributed by atoms with Crippen LogP contribution in [0.5, 0.6) is 0 Å². The van der Waals surface area contributed by atoms with E-state index in [1.807, 2.05) is 65.4 Å². The molecule has 10 aromatic rings. The molecule has 0 unspecified atom stereocenters. The lowest BCUT2D eigenvalue weighted by molar-refractivity contribution is 0.641. The van der Waals surface area contributed by atoms with Crippen LogP contribution in [0.15, 0.2) is 150 Å². The number of rotatable bonds is 4. The number of pyridine rings is 1. The SMILES string of the molecule is c1ccc(-c2nc(-c3ccc(-n4c5ccccc5c5ccccc54)cc3)nc(-n3c4ccncc4c4c5ccccc5oc43)n2)cc1. The van der Waals surface area contributed by atoms with E-state index in [2.05, 4.69) is 88.4 Å². The molecule has 0 radical (unpaired) electrons. The molecule has 0 aliphatic rings. The highest BCUT2D eigenvalue weighted by molar-refractivity contribution is 6.19. The zero-order chi connectivity index (χ0) is 30.9. The molecule has 0 amide bonds. The molecular formula is C40H24N6O. The zero-order valence-corrected chi connectivity index (χ0v) is 24.9. The summed E-state index contributed by atoms with van der Waals surface area (Å²) in [6.45, 7) is 0. The largest absolute Gasteiger partial charge is 0.439 e. The van der Waals surface area contributed by atoms with Crippen LogP contribution in [0.25, 0.3) is 89.2 Å². The van der Waals surface area contributed by atoms with Gasteiger partial charge in [-0.2, -0.15) is 9.97 Å². The lowest BCUT2D eigenvalue weighted by atomic mass is 10.1. The third-order valence-electron chi connectivity index (χ3n) is 8.91. The van der Waals surface area contributed by atoms with Gasteiger partial charge in [0.15, 0.2) is 11.6 Å². The smallest absolute Gasteiger partial charge is 0.241 e. The van der Waals surface area contributed by atoms with Gasteiger partial charge < -0.3 is 8.98 Å². The van der Waals surface area contributed by atoms with E-state index in [1.165, 1.54) is 21.8 Å². The van der Waals surface area contributed by atoms with Crippen LogP contribution in [0.3, 0.4) is 0 Å². The van der Waals surface area contributed by atoms with Crippen molar-refractivity contribution in [2.75, 3.05) is 0 Å². The summed E-state index contributed by atoms with van der Waals surface area (Å²) >= 11 is 0. The fourth-order valence-corrected chi connectivity index (χ4v) is 6.80. The summed E-state index contributed by atoms with van der Waals surface area (Å²) in [4.78, 5) is 19.5. The molecule has 5 heterocycles. The molecule has 0 saturated heterocycles. The van der Waals surface area contributed by atoms with E-state index >= 15 is 0 Å². The quantitative estimate of drug-likeness (QED) is 0.200. The van der Waals surface area contributed by atoms with E-state index in [0.717, 1.165) is 44.1 Å². The monoisotopic (exact) mass is 604 g/mol. The van der Waals surface area contributed by atoms with Gasteiger partial charge in [-0.05, 0) is 48.5 Å². The Labute approximate surface area is 268 Å². The van der Waals surface area contributed by atoms with Crippen molar-refractivity contribution in [1.82, 2.24) is 29.1 Å². The summed E-state index contributed by atoms with van der Waals surface area (Å²) < 4.78 is 10.8. The first-order valence-electron chi connectivity index (χ1n) is 15.5. The van der Waals surface area contributed by atoms with Gasteiger partial charge in [-0.15, -0.1) is 0 Å². The standard InChI is InChI=1S/C40H24N6O/c1-2-10-25(11-3-1)37-42-38(26-18-20-27(21-19-26)45-32-15-7-4-12-28(32)29-13-5-8-16-33(29)45)44-40(43-37)46-34-22-23-41-24-31(34)36-30-14-6-9-17-35(30)47-39(36)46/h1-24H. The van der Waals surface area contributed by atoms with Crippen molar-refractivity contribution < 1.29 is 4.42 Å². The van der Waals surface area contributed by atoms with Gasteiger partial charge >= 0.3 is 0 Å². The van der Waals surface area contributed by atoms with Gasteiger partial charge in [-0.25, -0.2) is 9.55 Å². The number of furan rings is 1. The van der Waals surface area contributed by atoms with Crippen molar-refractivity contribution in [3.05, 3.63) is 146 Å². The number of hydrogen-bond acceptors (Lipinski definition) is 5. The van der Waals surface area contributed by atoms with Crippen molar-refractivity contribution >= 4 is 54.8 Å². The topological polar surface area (TPSA) is 74.6 Å². The average Bonchev–Trinajstić information content (AvgIpc) is 3.79. The van der Waals surface area contributed by atoms with Crippen molar-refractivity contribution in [1.29, 1.82) is 0 Å². The summed E-state index contributed by atoms with van der Waals surface area (Å²) in [6.07, 6.45) is 3.66. The maximum atomic E-state index is 6.47. The van der Waals surface area contributed by atoms with Gasteiger partial charge in [0.2, 0.25) is 11.7 Å². The van der Waals surface area contributed by atoms with E-state index in [9.17, 15) is 0 Å². The highest BCUT2D eigenvalue weighted by Gasteiger charge is 2.22. The van der Waals surface area contributed by atoms with Gasteiger partial charge in [0.05, 0.1) is 21.9 Å². The van der Waals surface area contributed by atoms with Crippen LogP contribution in [0, 0.1) is 0 Å². The number of fused-ring (bicyclic) bond motifs is 8. The van der Waals surface area contributed by atoms with Gasteiger partial charge in [0.25, 0.3) is 0 Å². The molecule has 0 atom stereocenters. The number of nitrogens with zero attached hydrogens (tertiary/aromatic N) is 6. The Bertz CT molecular complexity index is 2740. The minimum atomic E-state index is 0.477. The van der Waals surface area contributed by atoms with E-state index < -0.39 is 0 Å². The van der Waals surface area contributed by atoms with Gasteiger partial charge in [0, 0.05) is 50.8 Å². The summed E-state index contributed by atoms with van der Waals surface area (Å²) in [6, 6.07) is 45.5. The van der Waals surface area contributed by atoms with Crippen molar-refractivity contribution in [3.63, 3.8) is 0 Å². The molecular weight excluding hydrogens is 580 g/mol. The van der Waals surface area contributed by atoms with E-state index in [0.29, 0.717) is 23.3 Å². The van der Waals surface area contributed by atoms with Crippen LogP contribution in [-0.4, -0.2) is 29.1 Å². The molecule has 7 heteroatoms. The lowest BCUT2D eigenvalue weighted by Crippen LogP contribution is -2.06. The third kappa shape index (κ3) is 3.87. The predicted molar refractivity (Wildman–Crippen MR) is 187 cm³/mol. The Morgan fingerprint density at radius 1 is 0.468 bits per heavy atom. The normalized spacial score (nSPS) is 11.8. The van der Waals surface area contributed by atoms with Crippen LogP contribution in [0.1, 0.15) is 0 Å². The molecule has 0 saturated carbocycles. The van der Waals surface area contributed by atoms with Crippen LogP contribution < -0.4 is 0 Å². The highest BCUT2D eigenvalue weighted by Crippen LogP contribution is 2.38. The second kappa shape index (κ2) is 9.95. The van der Waals surface area contributed by atoms with Gasteiger partial charge in [-0.3, -0.25) is 4.98 Å². The molecule has 0 aliphatic heterocycles. The first-order valence-corrected chi connectivity index (χ1v) is 15.5. The fourth-order valence-electron chi connectivity index (χ4n) is 6.80. The van der Waals surface area contributed by atoms with Crippen molar-refractivity contribution in [3.8, 4) is 34.4 Å². The number of aromatic nitrogens is 6. The molecule has 0 N–H and O–H groups in total. The molecule has 0 bridgehead atoms. The van der Waals surface area contributed by atoms with E-state index in [1.54, 1.807) is 6.20 Å². The molecule has 10 rings (SSSR count). The van der Waals surface area contributed by atoms with Gasteiger partial charge in [0.1, 0.15) is 5.58 Å². The minimum Gasteiger partial charge on any atom is -0.439 e. The Morgan fingerprint density at radius 2 is 1.06 bits per heavy atom. The lowest BCUT2D eigenvalue weighted by Gasteiger charge is -2.11. The fraction of sp³-hybridized carbons (Fsp3) is 0. The summed E-state index contributed by atoms with van der Waals surface area (Å²) in [5.41, 5.74) is 7.57. The summed E-state index contributed by atoms with van der Waals surface area (Å²) in [7, 11) is 0. The number of para-hydroxylation sites is 3. The van der Waals surface area contributed by atoms with E-state index in [-0.39, 0.29) is 0 Å². The molecule has 220 valence electrons. The molecule has 0 spiro atoms. The highest BCUT2D eigenvalue weighted by atomic mass is 16.3. The Hall–Kier alpha value is -6.60. The zero-order valence-electron chi connectivity index (χ0n) is 24.9. The van der Waals surface area contributed by atoms with Crippen LogP contribution in [0.4, 0.5) is 0 Å². The molecule has 5 aromatic heterocycles. The average molecular weight is 605 g/mol. The van der Waals surface area contributed by atoms with Crippen LogP contribution >= 0.6 is 0 Å². The summed E-state index contributed by atoms with van der Waals surface area (Å²) in [5.74, 6) is 1.63. The number of benzene rings is 5. The molecule has 0 fully saturated rings. The Morgan fingerprint density at radius 3 is 1.79 bits per heavy atom. The number of hydrogen-bond donors (Lipinski definition) is 0. The van der Waals surface area contributed by atoms with E-state index in [4.69, 9.17) is 19.4 Å². The molecule has 7 nitrogen and oxygen atoms in total. The second-order valence-electron chi connectivity index (χ2n) is 11.6. The van der Waals surface area contributed by atoms with Crippen LogP contribution in [0.2, 0.25) is 0 Å².